The number of hydrogen-bond acceptors (Lipinski definition) is 1. The number of halogens is 4. The molecule has 1 N–H and O–H groups in total. The lowest BCUT2D eigenvalue weighted by Crippen LogP contribution is -2.12. The van der Waals surface area contributed by atoms with Gasteiger partial charge in [-0.2, -0.15) is 0 Å². The van der Waals surface area contributed by atoms with Crippen molar-refractivity contribution < 1.29 is 4.39 Å². The summed E-state index contributed by atoms with van der Waals surface area (Å²) in [5.41, 5.74) is 2.19. The summed E-state index contributed by atoms with van der Waals surface area (Å²) >= 11 is 15.2. The van der Waals surface area contributed by atoms with E-state index >= 15 is 0 Å². The summed E-state index contributed by atoms with van der Waals surface area (Å²) in [6.45, 7) is 3.51. The minimum atomic E-state index is -0.443. The molecule has 0 amide bonds. The third-order valence-corrected chi connectivity index (χ3v) is 4.46. The standard InChI is InChI=1S/C15H13BrCl2FN/c1-2-20-8-9-3-4-10(17)7-12(9)11-5-6-13(16)14(18)15(11)19/h3-7,20H,2,8H2,1H3. The second-order valence-corrected chi connectivity index (χ2v) is 5.97. The molecule has 5 heteroatoms. The molecule has 0 saturated carbocycles. The third kappa shape index (κ3) is 3.34. The monoisotopic (exact) mass is 375 g/mol. The van der Waals surface area contributed by atoms with Gasteiger partial charge in [0, 0.05) is 21.6 Å². The zero-order valence-corrected chi connectivity index (χ0v) is 13.9. The molecule has 0 unspecified atom stereocenters. The van der Waals surface area contributed by atoms with Crippen LogP contribution in [0.1, 0.15) is 12.5 Å². The van der Waals surface area contributed by atoms with E-state index in [1.807, 2.05) is 13.0 Å². The molecular formula is C15H13BrCl2FN. The van der Waals surface area contributed by atoms with Crippen molar-refractivity contribution >= 4 is 39.1 Å². The minimum Gasteiger partial charge on any atom is -0.313 e. The molecule has 0 aliphatic heterocycles. The Hall–Kier alpha value is -0.610. The van der Waals surface area contributed by atoms with Crippen molar-refractivity contribution in [2.45, 2.75) is 13.5 Å². The first-order chi connectivity index (χ1) is 9.54. The molecule has 1 nitrogen and oxygen atoms in total. The summed E-state index contributed by atoms with van der Waals surface area (Å²) in [5, 5.41) is 3.88. The van der Waals surface area contributed by atoms with E-state index in [-0.39, 0.29) is 5.02 Å². The molecule has 2 aromatic rings. The number of benzene rings is 2. The van der Waals surface area contributed by atoms with Gasteiger partial charge in [-0.15, -0.1) is 0 Å². The van der Waals surface area contributed by atoms with Crippen LogP contribution >= 0.6 is 39.1 Å². The summed E-state index contributed by atoms with van der Waals surface area (Å²) in [4.78, 5) is 0. The highest BCUT2D eigenvalue weighted by molar-refractivity contribution is 9.10. The molecule has 0 aromatic heterocycles. The van der Waals surface area contributed by atoms with Crippen LogP contribution in [0.4, 0.5) is 4.39 Å². The zero-order chi connectivity index (χ0) is 14.7. The van der Waals surface area contributed by atoms with Crippen molar-refractivity contribution in [2.24, 2.45) is 0 Å². The minimum absolute atomic E-state index is 0.0804. The maximum absolute atomic E-state index is 14.4. The highest BCUT2D eigenvalue weighted by Gasteiger charge is 2.15. The first-order valence-corrected chi connectivity index (χ1v) is 7.72. The molecule has 0 bridgehead atoms. The van der Waals surface area contributed by atoms with E-state index in [1.54, 1.807) is 24.3 Å². The van der Waals surface area contributed by atoms with Gasteiger partial charge in [0.1, 0.15) is 0 Å². The molecule has 0 aliphatic carbocycles. The Morgan fingerprint density at radius 1 is 1.15 bits per heavy atom. The van der Waals surface area contributed by atoms with E-state index in [4.69, 9.17) is 23.2 Å². The molecule has 0 fully saturated rings. The summed E-state index contributed by atoms with van der Waals surface area (Å²) in [6.07, 6.45) is 0. The fourth-order valence-electron chi connectivity index (χ4n) is 1.95. The molecule has 0 heterocycles. The van der Waals surface area contributed by atoms with E-state index in [0.29, 0.717) is 21.6 Å². The Balaban J connectivity index is 2.56. The van der Waals surface area contributed by atoms with Gasteiger partial charge >= 0.3 is 0 Å². The van der Waals surface area contributed by atoms with Crippen LogP contribution < -0.4 is 5.32 Å². The van der Waals surface area contributed by atoms with Crippen molar-refractivity contribution in [3.05, 3.63) is 56.2 Å². The molecule has 0 atom stereocenters. The van der Waals surface area contributed by atoms with Gasteiger partial charge in [0.25, 0.3) is 0 Å². The average Bonchev–Trinajstić information content (AvgIpc) is 2.44. The second kappa shape index (κ2) is 6.90. The fraction of sp³-hybridized carbons (Fsp3) is 0.200. The van der Waals surface area contributed by atoms with Crippen LogP contribution in [-0.4, -0.2) is 6.54 Å². The molecule has 0 spiro atoms. The van der Waals surface area contributed by atoms with E-state index < -0.39 is 5.82 Å². The van der Waals surface area contributed by atoms with Gasteiger partial charge in [0.05, 0.1) is 5.02 Å². The van der Waals surface area contributed by atoms with Crippen molar-refractivity contribution in [2.75, 3.05) is 6.54 Å². The van der Waals surface area contributed by atoms with Crippen LogP contribution in [0.25, 0.3) is 11.1 Å². The van der Waals surface area contributed by atoms with E-state index in [2.05, 4.69) is 21.2 Å². The van der Waals surface area contributed by atoms with Crippen LogP contribution in [0.2, 0.25) is 10.0 Å². The van der Waals surface area contributed by atoms with Crippen molar-refractivity contribution in [1.29, 1.82) is 0 Å². The normalized spacial score (nSPS) is 10.8. The Morgan fingerprint density at radius 2 is 1.90 bits per heavy atom. The first-order valence-electron chi connectivity index (χ1n) is 6.17. The quantitative estimate of drug-likeness (QED) is 0.677. The lowest BCUT2D eigenvalue weighted by atomic mass is 9.99. The fourth-order valence-corrected chi connectivity index (χ4v) is 2.59. The summed E-state index contributed by atoms with van der Waals surface area (Å²) in [7, 11) is 0. The largest absolute Gasteiger partial charge is 0.313 e. The Bertz CT molecular complexity index is 632. The Kier molecular flexibility index (Phi) is 5.44. The first kappa shape index (κ1) is 15.8. The lowest BCUT2D eigenvalue weighted by Gasteiger charge is -2.13. The van der Waals surface area contributed by atoms with Crippen molar-refractivity contribution in [1.82, 2.24) is 5.32 Å². The summed E-state index contributed by atoms with van der Waals surface area (Å²) in [5.74, 6) is -0.443. The second-order valence-electron chi connectivity index (χ2n) is 4.30. The molecule has 106 valence electrons. The highest BCUT2D eigenvalue weighted by atomic mass is 79.9. The van der Waals surface area contributed by atoms with Crippen LogP contribution in [0.15, 0.2) is 34.8 Å². The van der Waals surface area contributed by atoms with Gasteiger partial charge in [0.2, 0.25) is 0 Å². The number of rotatable bonds is 4. The van der Waals surface area contributed by atoms with Gasteiger partial charge in [-0.05, 0) is 51.8 Å². The van der Waals surface area contributed by atoms with Crippen LogP contribution in [0, 0.1) is 5.82 Å². The maximum atomic E-state index is 14.4. The molecule has 20 heavy (non-hydrogen) atoms. The molecule has 0 saturated heterocycles. The molecule has 2 rings (SSSR count). The molecule has 0 radical (unpaired) electrons. The van der Waals surface area contributed by atoms with Crippen molar-refractivity contribution in [3.63, 3.8) is 0 Å². The smallest absolute Gasteiger partial charge is 0.150 e. The summed E-state index contributed by atoms with van der Waals surface area (Å²) in [6, 6.07) is 8.90. The predicted octanol–water partition coefficient (Wildman–Crippen LogP) is 5.67. The van der Waals surface area contributed by atoms with Crippen LogP contribution in [0.5, 0.6) is 0 Å². The Labute approximate surface area is 136 Å². The molecule has 0 aliphatic rings. The van der Waals surface area contributed by atoms with Gasteiger partial charge in [0.15, 0.2) is 5.82 Å². The Morgan fingerprint density at radius 3 is 2.60 bits per heavy atom. The van der Waals surface area contributed by atoms with E-state index in [1.165, 1.54) is 0 Å². The average molecular weight is 377 g/mol. The highest BCUT2D eigenvalue weighted by Crippen LogP contribution is 2.35. The van der Waals surface area contributed by atoms with Gasteiger partial charge < -0.3 is 5.32 Å². The molecular weight excluding hydrogens is 364 g/mol. The topological polar surface area (TPSA) is 12.0 Å². The molecule has 2 aromatic carbocycles. The van der Waals surface area contributed by atoms with Crippen molar-refractivity contribution in [3.8, 4) is 11.1 Å². The van der Waals surface area contributed by atoms with Gasteiger partial charge in [-0.25, -0.2) is 4.39 Å². The lowest BCUT2D eigenvalue weighted by molar-refractivity contribution is 0.630. The van der Waals surface area contributed by atoms with Crippen LogP contribution in [-0.2, 0) is 6.54 Å². The zero-order valence-electron chi connectivity index (χ0n) is 10.8. The maximum Gasteiger partial charge on any atom is 0.150 e. The number of hydrogen-bond donors (Lipinski definition) is 1. The van der Waals surface area contributed by atoms with Gasteiger partial charge in [-0.3, -0.25) is 0 Å². The SMILES string of the molecule is CCNCc1ccc(Cl)cc1-c1ccc(Br)c(Cl)c1F. The number of nitrogens with one attached hydrogen (secondary N) is 1. The van der Waals surface area contributed by atoms with E-state index in [9.17, 15) is 4.39 Å². The third-order valence-electron chi connectivity index (χ3n) is 2.96. The summed E-state index contributed by atoms with van der Waals surface area (Å²) < 4.78 is 14.9. The van der Waals surface area contributed by atoms with E-state index in [0.717, 1.165) is 17.7 Å². The van der Waals surface area contributed by atoms with Gasteiger partial charge in [-0.1, -0.05) is 42.3 Å². The predicted molar refractivity (Wildman–Crippen MR) is 86.9 cm³/mol. The van der Waals surface area contributed by atoms with Crippen LogP contribution in [0.3, 0.4) is 0 Å².